The Morgan fingerprint density at radius 3 is 2.64 bits per heavy atom. The molecule has 3 nitrogen and oxygen atoms in total. The van der Waals surface area contributed by atoms with Crippen molar-refractivity contribution < 1.29 is 4.84 Å². The van der Waals surface area contributed by atoms with Crippen LogP contribution in [0.25, 0.3) is 0 Å². The third-order valence-corrected chi connectivity index (χ3v) is 1.91. The SMILES string of the molecule is CC(CN)=NOCc1ccc(Cl)cc1. The first-order valence-electron chi connectivity index (χ1n) is 4.32. The molecule has 0 aliphatic heterocycles. The largest absolute Gasteiger partial charge is 0.391 e. The van der Waals surface area contributed by atoms with E-state index in [0.29, 0.717) is 13.2 Å². The van der Waals surface area contributed by atoms with Gasteiger partial charge in [-0.05, 0) is 24.6 Å². The van der Waals surface area contributed by atoms with Crippen LogP contribution in [0.5, 0.6) is 0 Å². The molecule has 14 heavy (non-hydrogen) atoms. The lowest BCUT2D eigenvalue weighted by Gasteiger charge is -2.00. The lowest BCUT2D eigenvalue weighted by atomic mass is 10.2. The zero-order valence-electron chi connectivity index (χ0n) is 8.03. The zero-order valence-corrected chi connectivity index (χ0v) is 8.79. The highest BCUT2D eigenvalue weighted by Gasteiger charge is 1.93. The Kier molecular flexibility index (Phi) is 4.43. The third-order valence-electron chi connectivity index (χ3n) is 1.66. The molecule has 0 saturated heterocycles. The van der Waals surface area contributed by atoms with Crippen molar-refractivity contribution in [2.75, 3.05) is 6.54 Å². The van der Waals surface area contributed by atoms with Gasteiger partial charge in [0.1, 0.15) is 6.61 Å². The van der Waals surface area contributed by atoms with Crippen LogP contribution in [0.2, 0.25) is 5.02 Å². The second-order valence-electron chi connectivity index (χ2n) is 2.93. The number of hydrogen-bond acceptors (Lipinski definition) is 3. The van der Waals surface area contributed by atoms with Gasteiger partial charge in [0, 0.05) is 11.6 Å². The molecule has 1 aromatic carbocycles. The fraction of sp³-hybridized carbons (Fsp3) is 0.300. The average molecular weight is 213 g/mol. The lowest BCUT2D eigenvalue weighted by molar-refractivity contribution is 0.130. The van der Waals surface area contributed by atoms with Gasteiger partial charge in [-0.25, -0.2) is 0 Å². The third kappa shape index (κ3) is 3.77. The number of hydrogen-bond donors (Lipinski definition) is 1. The molecular formula is C10H13ClN2O. The molecule has 0 bridgehead atoms. The van der Waals surface area contributed by atoms with Crippen LogP contribution in [-0.2, 0) is 11.4 Å². The van der Waals surface area contributed by atoms with E-state index >= 15 is 0 Å². The normalized spacial score (nSPS) is 11.5. The highest BCUT2D eigenvalue weighted by atomic mass is 35.5. The molecule has 0 heterocycles. The van der Waals surface area contributed by atoms with Gasteiger partial charge in [0.2, 0.25) is 0 Å². The molecule has 0 spiro atoms. The van der Waals surface area contributed by atoms with Gasteiger partial charge in [-0.2, -0.15) is 0 Å². The van der Waals surface area contributed by atoms with Crippen LogP contribution in [0, 0.1) is 0 Å². The van der Waals surface area contributed by atoms with E-state index in [9.17, 15) is 0 Å². The molecule has 1 rings (SSSR count). The molecule has 0 aromatic heterocycles. The second-order valence-corrected chi connectivity index (χ2v) is 3.37. The first kappa shape index (κ1) is 11.0. The quantitative estimate of drug-likeness (QED) is 0.615. The lowest BCUT2D eigenvalue weighted by Crippen LogP contribution is -2.09. The number of oxime groups is 1. The maximum Gasteiger partial charge on any atom is 0.142 e. The molecule has 1 aromatic rings. The summed E-state index contributed by atoms with van der Waals surface area (Å²) in [6.07, 6.45) is 0. The van der Waals surface area contributed by atoms with E-state index < -0.39 is 0 Å². The summed E-state index contributed by atoms with van der Waals surface area (Å²) in [4.78, 5) is 5.08. The maximum absolute atomic E-state index is 5.73. The van der Waals surface area contributed by atoms with Gasteiger partial charge in [-0.1, -0.05) is 28.9 Å². The van der Waals surface area contributed by atoms with Gasteiger partial charge in [0.05, 0.1) is 5.71 Å². The molecule has 2 N–H and O–H groups in total. The van der Waals surface area contributed by atoms with E-state index in [4.69, 9.17) is 22.2 Å². The minimum atomic E-state index is 0.417. The molecule has 0 aliphatic carbocycles. The summed E-state index contributed by atoms with van der Waals surface area (Å²) in [5.41, 5.74) is 7.15. The van der Waals surface area contributed by atoms with Crippen LogP contribution in [0.3, 0.4) is 0 Å². The number of rotatable bonds is 4. The number of benzene rings is 1. The molecule has 0 fully saturated rings. The number of halogens is 1. The molecule has 4 heteroatoms. The van der Waals surface area contributed by atoms with Crippen LogP contribution in [0.1, 0.15) is 12.5 Å². The number of nitrogens with zero attached hydrogens (tertiary/aromatic N) is 1. The van der Waals surface area contributed by atoms with E-state index in [1.165, 1.54) is 0 Å². The van der Waals surface area contributed by atoms with Crippen LogP contribution >= 0.6 is 11.6 Å². The minimum absolute atomic E-state index is 0.417. The fourth-order valence-corrected chi connectivity index (χ4v) is 0.961. The predicted octanol–water partition coefficient (Wildman–Crippen LogP) is 2.19. The smallest absolute Gasteiger partial charge is 0.142 e. The summed E-state index contributed by atoms with van der Waals surface area (Å²) in [7, 11) is 0. The molecule has 0 atom stereocenters. The maximum atomic E-state index is 5.73. The van der Waals surface area contributed by atoms with Crippen molar-refractivity contribution in [3.05, 3.63) is 34.9 Å². The summed E-state index contributed by atoms with van der Waals surface area (Å²) in [5.74, 6) is 0. The zero-order chi connectivity index (χ0) is 10.4. The second kappa shape index (κ2) is 5.62. The Bertz CT molecular complexity index is 308. The van der Waals surface area contributed by atoms with E-state index in [1.54, 1.807) is 0 Å². The molecule has 0 aliphatic rings. The van der Waals surface area contributed by atoms with Crippen LogP contribution in [0.15, 0.2) is 29.4 Å². The van der Waals surface area contributed by atoms with Gasteiger partial charge in [0.25, 0.3) is 0 Å². The predicted molar refractivity (Wildman–Crippen MR) is 58.4 cm³/mol. The van der Waals surface area contributed by atoms with Gasteiger partial charge < -0.3 is 10.6 Å². The van der Waals surface area contributed by atoms with E-state index in [2.05, 4.69) is 5.16 Å². The van der Waals surface area contributed by atoms with Gasteiger partial charge in [0.15, 0.2) is 0 Å². The van der Waals surface area contributed by atoms with Crippen molar-refractivity contribution in [2.45, 2.75) is 13.5 Å². The van der Waals surface area contributed by atoms with Crippen LogP contribution < -0.4 is 5.73 Å². The Labute approximate surface area is 88.5 Å². The Hall–Kier alpha value is -1.06. The Balaban J connectivity index is 2.42. The average Bonchev–Trinajstić information content (AvgIpc) is 2.21. The van der Waals surface area contributed by atoms with Crippen LogP contribution in [-0.4, -0.2) is 12.3 Å². The summed E-state index contributed by atoms with van der Waals surface area (Å²) in [5, 5.41) is 4.54. The number of nitrogens with two attached hydrogens (primary N) is 1. The van der Waals surface area contributed by atoms with Crippen molar-refractivity contribution in [3.8, 4) is 0 Å². The summed E-state index contributed by atoms with van der Waals surface area (Å²) < 4.78 is 0. The van der Waals surface area contributed by atoms with Crippen molar-refractivity contribution in [1.29, 1.82) is 0 Å². The molecular weight excluding hydrogens is 200 g/mol. The fourth-order valence-electron chi connectivity index (χ4n) is 0.835. The molecule has 0 saturated carbocycles. The van der Waals surface area contributed by atoms with Gasteiger partial charge >= 0.3 is 0 Å². The first-order valence-corrected chi connectivity index (χ1v) is 4.70. The van der Waals surface area contributed by atoms with Crippen LogP contribution in [0.4, 0.5) is 0 Å². The minimum Gasteiger partial charge on any atom is -0.391 e. The van der Waals surface area contributed by atoms with E-state index in [0.717, 1.165) is 16.3 Å². The molecule has 0 radical (unpaired) electrons. The first-order chi connectivity index (χ1) is 6.72. The molecule has 0 unspecified atom stereocenters. The van der Waals surface area contributed by atoms with Crippen molar-refractivity contribution >= 4 is 17.3 Å². The highest BCUT2D eigenvalue weighted by molar-refractivity contribution is 6.30. The molecule has 76 valence electrons. The van der Waals surface area contributed by atoms with E-state index in [-0.39, 0.29) is 0 Å². The topological polar surface area (TPSA) is 47.6 Å². The van der Waals surface area contributed by atoms with Gasteiger partial charge in [-0.15, -0.1) is 0 Å². The standard InChI is InChI=1S/C10H13ClN2O/c1-8(6-12)13-14-7-9-2-4-10(11)5-3-9/h2-5H,6-7,12H2,1H3. The Morgan fingerprint density at radius 1 is 1.43 bits per heavy atom. The van der Waals surface area contributed by atoms with Crippen molar-refractivity contribution in [2.24, 2.45) is 10.9 Å². The molecule has 0 amide bonds. The summed E-state index contributed by atoms with van der Waals surface area (Å²) in [6.45, 7) is 2.68. The monoisotopic (exact) mass is 212 g/mol. The Morgan fingerprint density at radius 2 is 2.07 bits per heavy atom. The summed E-state index contributed by atoms with van der Waals surface area (Å²) >= 11 is 5.73. The van der Waals surface area contributed by atoms with Crippen molar-refractivity contribution in [1.82, 2.24) is 0 Å². The summed E-state index contributed by atoms with van der Waals surface area (Å²) in [6, 6.07) is 7.44. The van der Waals surface area contributed by atoms with E-state index in [1.807, 2.05) is 31.2 Å². The highest BCUT2D eigenvalue weighted by Crippen LogP contribution is 2.10. The van der Waals surface area contributed by atoms with Crippen molar-refractivity contribution in [3.63, 3.8) is 0 Å². The van der Waals surface area contributed by atoms with Gasteiger partial charge in [-0.3, -0.25) is 0 Å².